The number of ketones is 1. The Balaban J connectivity index is 2.16. The maximum Gasteiger partial charge on any atom is 0.431 e. The number of thiophene rings is 2. The number of aryl methyl sites for hydroxylation is 1. The number of amides is 1. The number of hydrogen-bond acceptors (Lipinski definition) is 5. The van der Waals surface area contributed by atoms with Gasteiger partial charge in [-0.05, 0) is 29.3 Å². The van der Waals surface area contributed by atoms with Crippen molar-refractivity contribution in [1.82, 2.24) is 5.43 Å². The van der Waals surface area contributed by atoms with Crippen LogP contribution in [0.2, 0.25) is 5.02 Å². The van der Waals surface area contributed by atoms with E-state index >= 15 is 0 Å². The Bertz CT molecular complexity index is 783. The van der Waals surface area contributed by atoms with Gasteiger partial charge in [0.15, 0.2) is 5.78 Å². The molecule has 0 radical (unpaired) electrons. The van der Waals surface area contributed by atoms with E-state index in [0.29, 0.717) is 5.56 Å². The topological polar surface area (TPSA) is 58.5 Å². The van der Waals surface area contributed by atoms with Gasteiger partial charge < -0.3 is 0 Å². The molecule has 0 aromatic carbocycles. The first-order valence-corrected chi connectivity index (χ1v) is 8.58. The fraction of sp³-hybridized carbons (Fsp3) is 0.214. The van der Waals surface area contributed by atoms with Crippen molar-refractivity contribution in [3.8, 4) is 0 Å². The van der Waals surface area contributed by atoms with Crippen molar-refractivity contribution >= 4 is 51.7 Å². The second kappa shape index (κ2) is 7.45. The summed E-state index contributed by atoms with van der Waals surface area (Å²) < 4.78 is 39.0. The molecule has 2 aromatic heterocycles. The van der Waals surface area contributed by atoms with E-state index in [-0.39, 0.29) is 14.8 Å². The maximum absolute atomic E-state index is 13.0. The van der Waals surface area contributed by atoms with Gasteiger partial charge in [-0.3, -0.25) is 9.59 Å². The summed E-state index contributed by atoms with van der Waals surface area (Å²) in [5, 5.41) is 6.45. The molecule has 0 atom stereocenters. The minimum Gasteiger partial charge on any atom is -0.293 e. The summed E-state index contributed by atoms with van der Waals surface area (Å²) in [6, 6.07) is 2.99. The third-order valence-electron chi connectivity index (χ3n) is 2.85. The van der Waals surface area contributed by atoms with E-state index in [4.69, 9.17) is 11.6 Å². The number of alkyl halides is 3. The summed E-state index contributed by atoms with van der Waals surface area (Å²) in [6.07, 6.45) is -5.79. The van der Waals surface area contributed by atoms with E-state index in [2.05, 4.69) is 5.10 Å². The third kappa shape index (κ3) is 4.43. The maximum atomic E-state index is 13.0. The van der Waals surface area contributed by atoms with Crippen molar-refractivity contribution in [1.29, 1.82) is 0 Å². The minimum atomic E-state index is -4.84. The zero-order valence-electron chi connectivity index (χ0n) is 12.1. The van der Waals surface area contributed by atoms with Gasteiger partial charge >= 0.3 is 6.18 Å². The smallest absolute Gasteiger partial charge is 0.293 e. The van der Waals surface area contributed by atoms with Gasteiger partial charge in [0, 0.05) is 0 Å². The van der Waals surface area contributed by atoms with Gasteiger partial charge in [-0.2, -0.15) is 18.3 Å². The highest BCUT2D eigenvalue weighted by Gasteiger charge is 2.37. The van der Waals surface area contributed by atoms with E-state index < -0.39 is 30.0 Å². The predicted molar refractivity (Wildman–Crippen MR) is 88.3 cm³/mol. The number of halogens is 4. The zero-order chi connectivity index (χ0) is 17.9. The van der Waals surface area contributed by atoms with Crippen LogP contribution in [0.15, 0.2) is 28.0 Å². The van der Waals surface area contributed by atoms with Gasteiger partial charge in [-0.1, -0.05) is 17.7 Å². The quantitative estimate of drug-likeness (QED) is 0.454. The molecule has 1 N–H and O–H groups in total. The standard InChI is InChI=1S/C14H10ClF3N2O2S2/c1-7-6-24-12(11(7)15)13(22)20-19-10(14(16,17)18)5-8(21)9-3-2-4-23-9/h2-4,6H,5H2,1H3,(H,20,22). The van der Waals surface area contributed by atoms with Crippen molar-refractivity contribution < 1.29 is 22.8 Å². The molecule has 0 spiro atoms. The van der Waals surface area contributed by atoms with Gasteiger partial charge in [0.25, 0.3) is 5.91 Å². The Morgan fingerprint density at radius 3 is 2.54 bits per heavy atom. The van der Waals surface area contributed by atoms with Crippen molar-refractivity contribution in [2.45, 2.75) is 19.5 Å². The number of carbonyl (C=O) groups excluding carboxylic acids is 2. The normalized spacial score (nSPS) is 12.3. The molecule has 2 rings (SSSR count). The summed E-state index contributed by atoms with van der Waals surface area (Å²) in [7, 11) is 0. The molecule has 10 heteroatoms. The van der Waals surface area contributed by atoms with Gasteiger partial charge in [0.1, 0.15) is 10.6 Å². The molecule has 0 aliphatic heterocycles. The number of Topliss-reactive ketones (excluding diaryl/α,β-unsaturated/α-hetero) is 1. The lowest BCUT2D eigenvalue weighted by Gasteiger charge is -2.09. The van der Waals surface area contributed by atoms with Crippen LogP contribution in [0, 0.1) is 6.92 Å². The zero-order valence-corrected chi connectivity index (χ0v) is 14.5. The van der Waals surface area contributed by atoms with Gasteiger partial charge in [0.2, 0.25) is 0 Å². The van der Waals surface area contributed by atoms with Crippen molar-refractivity contribution in [2.75, 3.05) is 0 Å². The lowest BCUT2D eigenvalue weighted by Crippen LogP contribution is -2.30. The first-order valence-electron chi connectivity index (χ1n) is 6.44. The van der Waals surface area contributed by atoms with E-state index in [9.17, 15) is 22.8 Å². The SMILES string of the molecule is Cc1csc(C(=O)NN=C(CC(=O)c2cccs2)C(F)(F)F)c1Cl. The molecule has 0 saturated carbocycles. The Hall–Kier alpha value is -1.71. The number of nitrogens with zero attached hydrogens (tertiary/aromatic N) is 1. The van der Waals surface area contributed by atoms with Crippen LogP contribution in [-0.2, 0) is 0 Å². The molecule has 2 heterocycles. The molecule has 128 valence electrons. The monoisotopic (exact) mass is 394 g/mol. The minimum absolute atomic E-state index is 0.0593. The van der Waals surface area contributed by atoms with E-state index in [1.807, 2.05) is 5.43 Å². The van der Waals surface area contributed by atoms with Crippen LogP contribution in [0.4, 0.5) is 13.2 Å². The highest BCUT2D eigenvalue weighted by molar-refractivity contribution is 7.13. The molecule has 0 aliphatic carbocycles. The van der Waals surface area contributed by atoms with E-state index in [1.54, 1.807) is 23.8 Å². The first kappa shape index (κ1) is 18.6. The van der Waals surface area contributed by atoms with Crippen molar-refractivity contribution in [3.63, 3.8) is 0 Å². The van der Waals surface area contributed by atoms with Crippen LogP contribution in [0.1, 0.15) is 31.3 Å². The molecule has 0 bridgehead atoms. The lowest BCUT2D eigenvalue weighted by atomic mass is 10.1. The molecule has 0 aliphatic rings. The Kier molecular flexibility index (Phi) is 5.79. The molecular formula is C14H10ClF3N2O2S2. The van der Waals surface area contributed by atoms with Gasteiger partial charge in [-0.15, -0.1) is 22.7 Å². The van der Waals surface area contributed by atoms with Crippen LogP contribution in [0.25, 0.3) is 0 Å². The summed E-state index contributed by atoms with van der Waals surface area (Å²) in [5.41, 5.74) is 1.08. The van der Waals surface area contributed by atoms with Crippen LogP contribution < -0.4 is 5.43 Å². The first-order chi connectivity index (χ1) is 11.2. The Morgan fingerprint density at radius 2 is 2.04 bits per heavy atom. The second-order valence-electron chi connectivity index (χ2n) is 4.64. The van der Waals surface area contributed by atoms with E-state index in [0.717, 1.165) is 22.7 Å². The average Bonchev–Trinajstić information content (AvgIpc) is 3.13. The molecule has 0 saturated heterocycles. The van der Waals surface area contributed by atoms with Crippen LogP contribution in [-0.4, -0.2) is 23.6 Å². The highest BCUT2D eigenvalue weighted by Crippen LogP contribution is 2.27. The molecule has 2 aromatic rings. The summed E-state index contributed by atoms with van der Waals surface area (Å²) >= 11 is 7.92. The van der Waals surface area contributed by atoms with Crippen LogP contribution in [0.3, 0.4) is 0 Å². The number of nitrogens with one attached hydrogen (secondary N) is 1. The molecular weight excluding hydrogens is 385 g/mol. The lowest BCUT2D eigenvalue weighted by molar-refractivity contribution is -0.0605. The van der Waals surface area contributed by atoms with Crippen LogP contribution >= 0.6 is 34.3 Å². The van der Waals surface area contributed by atoms with E-state index in [1.165, 1.54) is 6.07 Å². The van der Waals surface area contributed by atoms with Crippen molar-refractivity contribution in [3.05, 3.63) is 43.2 Å². The van der Waals surface area contributed by atoms with Crippen molar-refractivity contribution in [2.24, 2.45) is 5.10 Å². The molecule has 0 fully saturated rings. The number of carbonyl (C=O) groups is 2. The predicted octanol–water partition coefficient (Wildman–Crippen LogP) is 4.69. The average molecular weight is 395 g/mol. The summed E-state index contributed by atoms with van der Waals surface area (Å²) in [5.74, 6) is -1.58. The summed E-state index contributed by atoms with van der Waals surface area (Å²) in [4.78, 5) is 24.0. The molecule has 24 heavy (non-hydrogen) atoms. The second-order valence-corrected chi connectivity index (χ2v) is 6.84. The molecule has 4 nitrogen and oxygen atoms in total. The van der Waals surface area contributed by atoms with Gasteiger partial charge in [0.05, 0.1) is 16.3 Å². The largest absolute Gasteiger partial charge is 0.431 e. The Morgan fingerprint density at radius 1 is 1.33 bits per heavy atom. The molecule has 1 amide bonds. The number of hydrazone groups is 1. The summed E-state index contributed by atoms with van der Waals surface area (Å²) in [6.45, 7) is 1.67. The fourth-order valence-electron chi connectivity index (χ4n) is 1.63. The third-order valence-corrected chi connectivity index (χ3v) is 5.46. The number of rotatable bonds is 5. The number of hydrogen-bond donors (Lipinski definition) is 1. The Labute approximate surface area is 147 Å². The fourth-order valence-corrected chi connectivity index (χ4v) is 3.46. The highest BCUT2D eigenvalue weighted by atomic mass is 35.5. The molecule has 0 unspecified atom stereocenters. The van der Waals surface area contributed by atoms with Crippen LogP contribution in [0.5, 0.6) is 0 Å². The van der Waals surface area contributed by atoms with Gasteiger partial charge in [-0.25, -0.2) is 5.43 Å².